The van der Waals surface area contributed by atoms with Crippen molar-refractivity contribution in [2.75, 3.05) is 13.1 Å². The lowest BCUT2D eigenvalue weighted by Crippen LogP contribution is -2.47. The Kier molecular flexibility index (Phi) is 3.28. The van der Waals surface area contributed by atoms with Crippen LogP contribution in [0.1, 0.15) is 15.9 Å². The van der Waals surface area contributed by atoms with Crippen molar-refractivity contribution < 1.29 is 22.4 Å². The minimum atomic E-state index is -4.16. The number of nitrogens with zero attached hydrogens (tertiary/aromatic N) is 1. The fourth-order valence-electron chi connectivity index (χ4n) is 1.95. The van der Waals surface area contributed by atoms with Gasteiger partial charge in [0.25, 0.3) is 5.91 Å². The van der Waals surface area contributed by atoms with E-state index in [-0.39, 0.29) is 6.54 Å². The zero-order valence-electron chi connectivity index (χ0n) is 9.38. The number of carbonyl (C=O) groups is 1. The third-order valence-electron chi connectivity index (χ3n) is 2.91. The Morgan fingerprint density at radius 1 is 1.28 bits per heavy atom. The summed E-state index contributed by atoms with van der Waals surface area (Å²) in [5.74, 6) is -4.78. The zero-order valence-corrected chi connectivity index (χ0v) is 9.38. The smallest absolute Gasteiger partial charge is 0.324 e. The van der Waals surface area contributed by atoms with Gasteiger partial charge in [0, 0.05) is 12.1 Å². The highest BCUT2D eigenvalue weighted by Gasteiger charge is 2.44. The first kappa shape index (κ1) is 12.9. The molecule has 18 heavy (non-hydrogen) atoms. The molecule has 0 saturated carbocycles. The van der Waals surface area contributed by atoms with Crippen LogP contribution in [-0.2, 0) is 6.42 Å². The number of carbonyl (C=O) groups excluding carboxylic acids is 1. The number of halogens is 4. The highest BCUT2D eigenvalue weighted by Crippen LogP contribution is 2.27. The normalized spacial score (nSPS) is 16.1. The molecule has 0 N–H and O–H groups in total. The Labute approximate surface area is 101 Å². The average Bonchev–Trinajstić information content (AvgIpc) is 2.33. The van der Waals surface area contributed by atoms with Gasteiger partial charge in [-0.25, -0.2) is 8.78 Å². The monoisotopic (exact) mass is 261 g/mol. The number of alkyl halides is 4. The van der Waals surface area contributed by atoms with Gasteiger partial charge < -0.3 is 4.90 Å². The summed E-state index contributed by atoms with van der Waals surface area (Å²) in [5.41, 5.74) is 1.08. The highest BCUT2D eigenvalue weighted by molar-refractivity contribution is 5.96. The maximum Gasteiger partial charge on any atom is 0.324 e. The molecule has 2 rings (SSSR count). The minimum Gasteiger partial charge on any atom is -0.332 e. The third kappa shape index (κ3) is 2.32. The van der Waals surface area contributed by atoms with Crippen molar-refractivity contribution in [3.05, 3.63) is 35.4 Å². The van der Waals surface area contributed by atoms with Gasteiger partial charge in [0.1, 0.15) is 0 Å². The number of benzene rings is 1. The molecule has 0 bridgehead atoms. The van der Waals surface area contributed by atoms with Gasteiger partial charge in [0.05, 0.1) is 6.54 Å². The Hall–Kier alpha value is -1.59. The molecule has 1 aliphatic rings. The zero-order chi connectivity index (χ0) is 13.3. The van der Waals surface area contributed by atoms with Crippen LogP contribution in [0.4, 0.5) is 17.6 Å². The standard InChI is InChI=1S/C12H11F4NO/c13-11(14)12(15,16)7-17-6-5-8-3-1-2-4-9(8)10(17)18/h1-4,11H,5-7H2. The van der Waals surface area contributed by atoms with Gasteiger partial charge in [-0.3, -0.25) is 4.79 Å². The maximum atomic E-state index is 12.9. The van der Waals surface area contributed by atoms with Crippen LogP contribution in [0.15, 0.2) is 24.3 Å². The second-order valence-electron chi connectivity index (χ2n) is 4.20. The van der Waals surface area contributed by atoms with Crippen molar-refractivity contribution in [1.82, 2.24) is 4.90 Å². The van der Waals surface area contributed by atoms with E-state index in [2.05, 4.69) is 0 Å². The lowest BCUT2D eigenvalue weighted by Gasteiger charge is -2.31. The van der Waals surface area contributed by atoms with Crippen LogP contribution in [0.5, 0.6) is 0 Å². The number of hydrogen-bond donors (Lipinski definition) is 0. The summed E-state index contributed by atoms with van der Waals surface area (Å²) in [6, 6.07) is 6.61. The number of fused-ring (bicyclic) bond motifs is 1. The van der Waals surface area contributed by atoms with E-state index in [0.29, 0.717) is 12.0 Å². The Bertz CT molecular complexity index is 461. The van der Waals surface area contributed by atoms with Gasteiger partial charge in [-0.1, -0.05) is 18.2 Å². The van der Waals surface area contributed by atoms with Crippen LogP contribution in [0.3, 0.4) is 0 Å². The Morgan fingerprint density at radius 3 is 2.61 bits per heavy atom. The Balaban J connectivity index is 2.18. The molecule has 0 spiro atoms. The molecule has 1 aromatic carbocycles. The third-order valence-corrected chi connectivity index (χ3v) is 2.91. The SMILES string of the molecule is O=C1c2ccccc2CCN1CC(F)(F)C(F)F. The molecular weight excluding hydrogens is 250 g/mol. The number of rotatable bonds is 3. The molecule has 0 saturated heterocycles. The van der Waals surface area contributed by atoms with Crippen molar-refractivity contribution >= 4 is 5.91 Å². The molecular formula is C12H11F4NO. The van der Waals surface area contributed by atoms with E-state index in [1.807, 2.05) is 0 Å². The fraction of sp³-hybridized carbons (Fsp3) is 0.417. The predicted molar refractivity (Wildman–Crippen MR) is 57.0 cm³/mol. The van der Waals surface area contributed by atoms with Crippen molar-refractivity contribution in [2.45, 2.75) is 18.8 Å². The Morgan fingerprint density at radius 2 is 1.94 bits per heavy atom. The van der Waals surface area contributed by atoms with Crippen LogP contribution in [-0.4, -0.2) is 36.2 Å². The van der Waals surface area contributed by atoms with Crippen molar-refractivity contribution in [3.8, 4) is 0 Å². The second-order valence-corrected chi connectivity index (χ2v) is 4.20. The number of amides is 1. The largest absolute Gasteiger partial charge is 0.332 e. The summed E-state index contributed by atoms with van der Waals surface area (Å²) in [6.45, 7) is -1.20. The van der Waals surface area contributed by atoms with Crippen LogP contribution in [0.25, 0.3) is 0 Å². The summed E-state index contributed by atoms with van der Waals surface area (Å²) in [4.78, 5) is 12.7. The van der Waals surface area contributed by atoms with Gasteiger partial charge in [0.2, 0.25) is 0 Å². The van der Waals surface area contributed by atoms with E-state index >= 15 is 0 Å². The summed E-state index contributed by atoms with van der Waals surface area (Å²) >= 11 is 0. The molecule has 0 unspecified atom stereocenters. The molecule has 98 valence electrons. The molecule has 1 amide bonds. The van der Waals surface area contributed by atoms with E-state index in [9.17, 15) is 22.4 Å². The molecule has 1 aromatic rings. The molecule has 6 heteroatoms. The minimum absolute atomic E-state index is 0.0398. The van der Waals surface area contributed by atoms with Gasteiger partial charge in [-0.05, 0) is 18.1 Å². The summed E-state index contributed by atoms with van der Waals surface area (Å²) in [5, 5.41) is 0. The first-order valence-electron chi connectivity index (χ1n) is 5.45. The topological polar surface area (TPSA) is 20.3 Å². The molecule has 1 aliphatic heterocycles. The average molecular weight is 261 g/mol. The molecule has 0 aliphatic carbocycles. The van der Waals surface area contributed by atoms with Crippen molar-refractivity contribution in [2.24, 2.45) is 0 Å². The summed E-state index contributed by atoms with van der Waals surface area (Å²) in [6.07, 6.45) is -3.36. The van der Waals surface area contributed by atoms with E-state index in [1.165, 1.54) is 6.07 Å². The van der Waals surface area contributed by atoms with Gasteiger partial charge in [0.15, 0.2) is 0 Å². The summed E-state index contributed by atoms with van der Waals surface area (Å²) in [7, 11) is 0. The first-order valence-corrected chi connectivity index (χ1v) is 5.45. The van der Waals surface area contributed by atoms with E-state index in [0.717, 1.165) is 10.5 Å². The number of hydrogen-bond acceptors (Lipinski definition) is 1. The van der Waals surface area contributed by atoms with Crippen molar-refractivity contribution in [1.29, 1.82) is 0 Å². The molecule has 0 radical (unpaired) electrons. The molecule has 0 atom stereocenters. The van der Waals surface area contributed by atoms with Crippen molar-refractivity contribution in [3.63, 3.8) is 0 Å². The van der Waals surface area contributed by atoms with Crippen LogP contribution in [0, 0.1) is 0 Å². The molecule has 1 heterocycles. The lowest BCUT2D eigenvalue weighted by molar-refractivity contribution is -0.138. The van der Waals surface area contributed by atoms with Gasteiger partial charge >= 0.3 is 12.3 Å². The van der Waals surface area contributed by atoms with Gasteiger partial charge in [-0.15, -0.1) is 0 Å². The van der Waals surface area contributed by atoms with E-state index in [4.69, 9.17) is 0 Å². The fourth-order valence-corrected chi connectivity index (χ4v) is 1.95. The molecule has 2 nitrogen and oxygen atoms in total. The summed E-state index contributed by atoms with van der Waals surface area (Å²) < 4.78 is 50.1. The second kappa shape index (κ2) is 4.59. The molecule has 0 fully saturated rings. The lowest BCUT2D eigenvalue weighted by atomic mass is 9.99. The van der Waals surface area contributed by atoms with Gasteiger partial charge in [-0.2, -0.15) is 8.78 Å². The molecule has 0 aromatic heterocycles. The van der Waals surface area contributed by atoms with Crippen LogP contribution < -0.4 is 0 Å². The highest BCUT2D eigenvalue weighted by atomic mass is 19.3. The van der Waals surface area contributed by atoms with E-state index in [1.54, 1.807) is 18.2 Å². The first-order chi connectivity index (χ1) is 8.42. The predicted octanol–water partition coefficient (Wildman–Crippen LogP) is 2.59. The van der Waals surface area contributed by atoms with E-state index < -0.39 is 24.8 Å². The quantitative estimate of drug-likeness (QED) is 0.766. The maximum absolute atomic E-state index is 12.9. The van der Waals surface area contributed by atoms with Crippen LogP contribution >= 0.6 is 0 Å². The van der Waals surface area contributed by atoms with Crippen LogP contribution in [0.2, 0.25) is 0 Å².